The molecule has 0 N–H and O–H groups in total. The molecule has 0 bridgehead atoms. The Labute approximate surface area is 44.9 Å². The van der Waals surface area contributed by atoms with Crippen LogP contribution in [-0.2, 0) is 9.59 Å². The van der Waals surface area contributed by atoms with E-state index in [1.807, 2.05) is 0 Å². The van der Waals surface area contributed by atoms with Crippen molar-refractivity contribution >= 4 is 24.0 Å². The molecule has 1 rings (SSSR count). The van der Waals surface area contributed by atoms with Crippen molar-refractivity contribution in [3.05, 3.63) is 0 Å². The first-order valence-corrected chi connectivity index (χ1v) is 1.95. The van der Waals surface area contributed by atoms with Crippen molar-refractivity contribution in [1.82, 2.24) is 0 Å². The summed E-state index contributed by atoms with van der Waals surface area (Å²) in [6.45, 7) is 0. The fourth-order valence-electron chi connectivity index (χ4n) is 0.299. The van der Waals surface area contributed by atoms with Crippen LogP contribution in [0.15, 0.2) is 10.2 Å². The van der Waals surface area contributed by atoms with Gasteiger partial charge in [0.15, 0.2) is 0 Å². The van der Waals surface area contributed by atoms with Crippen LogP contribution in [0.4, 0.5) is 0 Å². The van der Waals surface area contributed by atoms with Crippen molar-refractivity contribution in [2.75, 3.05) is 0 Å². The zero-order chi connectivity index (χ0) is 5.98. The molecular formula is C4H2N2O2. The SMILES string of the molecule is O=C1C=NN=CC1=O. The Morgan fingerprint density at radius 1 is 1.00 bits per heavy atom. The van der Waals surface area contributed by atoms with Crippen LogP contribution >= 0.6 is 0 Å². The molecule has 0 saturated heterocycles. The molecular weight excluding hydrogens is 108 g/mol. The topological polar surface area (TPSA) is 58.9 Å². The third-order valence-electron chi connectivity index (χ3n) is 0.659. The first kappa shape index (κ1) is 4.83. The number of ketones is 2. The molecule has 1 aliphatic heterocycles. The summed E-state index contributed by atoms with van der Waals surface area (Å²) in [4.78, 5) is 20.4. The van der Waals surface area contributed by atoms with Gasteiger partial charge in [-0.1, -0.05) is 0 Å². The summed E-state index contributed by atoms with van der Waals surface area (Å²) >= 11 is 0. The quantitative estimate of drug-likeness (QED) is 0.383. The largest absolute Gasteiger partial charge is 0.284 e. The highest BCUT2D eigenvalue weighted by Gasteiger charge is 2.09. The molecule has 4 heteroatoms. The van der Waals surface area contributed by atoms with Crippen molar-refractivity contribution in [3.8, 4) is 0 Å². The Balaban J connectivity index is 2.89. The van der Waals surface area contributed by atoms with E-state index in [-0.39, 0.29) is 0 Å². The summed E-state index contributed by atoms with van der Waals surface area (Å²) in [7, 11) is 0. The highest BCUT2D eigenvalue weighted by molar-refractivity contribution is 6.72. The molecule has 0 aromatic carbocycles. The van der Waals surface area contributed by atoms with Crippen LogP contribution in [0.2, 0.25) is 0 Å². The summed E-state index contributed by atoms with van der Waals surface area (Å²) in [6, 6.07) is 0. The number of carbonyl (C=O) groups is 2. The van der Waals surface area contributed by atoms with Crippen LogP contribution in [-0.4, -0.2) is 24.0 Å². The second kappa shape index (κ2) is 1.65. The third kappa shape index (κ3) is 0.676. The van der Waals surface area contributed by atoms with Gasteiger partial charge in [-0.05, 0) is 0 Å². The van der Waals surface area contributed by atoms with Gasteiger partial charge in [-0.3, -0.25) is 9.59 Å². The molecule has 0 fully saturated rings. The van der Waals surface area contributed by atoms with Crippen molar-refractivity contribution < 1.29 is 9.59 Å². The standard InChI is InChI=1S/C4H2N2O2/c7-3-1-5-6-2-4(3)8/h1-2H. The molecule has 0 radical (unpaired) electrons. The number of hydrogen-bond donors (Lipinski definition) is 0. The lowest BCUT2D eigenvalue weighted by atomic mass is 10.3. The predicted octanol–water partition coefficient (Wildman–Crippen LogP) is -0.805. The van der Waals surface area contributed by atoms with Crippen molar-refractivity contribution in [2.24, 2.45) is 10.2 Å². The molecule has 0 aliphatic carbocycles. The normalized spacial score (nSPS) is 17.5. The summed E-state index contributed by atoms with van der Waals surface area (Å²) in [5.41, 5.74) is 0. The van der Waals surface area contributed by atoms with Crippen LogP contribution in [0, 0.1) is 0 Å². The first-order chi connectivity index (χ1) is 3.80. The molecule has 1 heterocycles. The zero-order valence-electron chi connectivity index (χ0n) is 3.87. The van der Waals surface area contributed by atoms with Crippen LogP contribution < -0.4 is 0 Å². The highest BCUT2D eigenvalue weighted by Crippen LogP contribution is 1.79. The molecule has 0 unspecified atom stereocenters. The molecule has 8 heavy (non-hydrogen) atoms. The van der Waals surface area contributed by atoms with E-state index in [1.54, 1.807) is 0 Å². The van der Waals surface area contributed by atoms with E-state index in [2.05, 4.69) is 10.2 Å². The van der Waals surface area contributed by atoms with Gasteiger partial charge < -0.3 is 0 Å². The van der Waals surface area contributed by atoms with E-state index in [9.17, 15) is 9.59 Å². The van der Waals surface area contributed by atoms with Gasteiger partial charge in [0.05, 0.1) is 0 Å². The van der Waals surface area contributed by atoms with E-state index in [4.69, 9.17) is 0 Å². The van der Waals surface area contributed by atoms with Gasteiger partial charge in [-0.25, -0.2) is 0 Å². The van der Waals surface area contributed by atoms with E-state index < -0.39 is 11.6 Å². The maximum absolute atomic E-state index is 10.2. The zero-order valence-corrected chi connectivity index (χ0v) is 3.87. The third-order valence-corrected chi connectivity index (χ3v) is 0.659. The molecule has 40 valence electrons. The molecule has 1 aliphatic rings. The van der Waals surface area contributed by atoms with Crippen LogP contribution in [0.3, 0.4) is 0 Å². The molecule has 0 spiro atoms. The van der Waals surface area contributed by atoms with Crippen LogP contribution in [0.5, 0.6) is 0 Å². The number of hydrogen-bond acceptors (Lipinski definition) is 4. The van der Waals surface area contributed by atoms with Crippen molar-refractivity contribution in [1.29, 1.82) is 0 Å². The first-order valence-electron chi connectivity index (χ1n) is 1.95. The number of nitrogens with zero attached hydrogens (tertiary/aromatic N) is 2. The molecule has 0 aromatic rings. The Kier molecular flexibility index (Phi) is 0.997. The monoisotopic (exact) mass is 110 g/mol. The maximum Gasteiger partial charge on any atom is 0.247 e. The number of rotatable bonds is 0. The van der Waals surface area contributed by atoms with E-state index in [0.717, 1.165) is 12.4 Å². The second-order valence-corrected chi connectivity index (χ2v) is 1.22. The van der Waals surface area contributed by atoms with Gasteiger partial charge in [0.1, 0.15) is 12.4 Å². The van der Waals surface area contributed by atoms with Crippen molar-refractivity contribution in [2.45, 2.75) is 0 Å². The smallest absolute Gasteiger partial charge is 0.247 e. The highest BCUT2D eigenvalue weighted by atomic mass is 16.2. The molecule has 0 saturated carbocycles. The lowest BCUT2D eigenvalue weighted by molar-refractivity contribution is -0.128. The minimum atomic E-state index is -0.611. The van der Waals surface area contributed by atoms with E-state index in [1.165, 1.54) is 0 Å². The van der Waals surface area contributed by atoms with Crippen LogP contribution in [0.1, 0.15) is 0 Å². The van der Waals surface area contributed by atoms with Gasteiger partial charge >= 0.3 is 0 Å². The van der Waals surface area contributed by atoms with E-state index in [0.29, 0.717) is 0 Å². The fraction of sp³-hybridized carbons (Fsp3) is 0. The fourth-order valence-corrected chi connectivity index (χ4v) is 0.299. The lowest BCUT2D eigenvalue weighted by Crippen LogP contribution is -2.18. The number of Topliss-reactive ketones (excluding diaryl/α,β-unsaturated/α-hetero) is 2. The molecule has 0 aromatic heterocycles. The lowest BCUT2D eigenvalue weighted by Gasteiger charge is -1.86. The Morgan fingerprint density at radius 3 is 1.62 bits per heavy atom. The van der Waals surface area contributed by atoms with Gasteiger partial charge in [0, 0.05) is 0 Å². The average molecular weight is 110 g/mol. The summed E-state index contributed by atoms with van der Waals surface area (Å²) in [5, 5.41) is 6.37. The molecule has 0 atom stereocenters. The van der Waals surface area contributed by atoms with Gasteiger partial charge in [0.2, 0.25) is 11.6 Å². The van der Waals surface area contributed by atoms with Gasteiger partial charge in [0.25, 0.3) is 0 Å². The Bertz CT molecular complexity index is 170. The maximum atomic E-state index is 10.2. The van der Waals surface area contributed by atoms with Crippen LogP contribution in [0.25, 0.3) is 0 Å². The van der Waals surface area contributed by atoms with Gasteiger partial charge in [-0.2, -0.15) is 10.2 Å². The molecule has 4 nitrogen and oxygen atoms in total. The summed E-state index contributed by atoms with van der Waals surface area (Å²) in [6.07, 6.45) is 1.78. The minimum absolute atomic E-state index is 0.611. The second-order valence-electron chi connectivity index (χ2n) is 1.22. The molecule has 0 amide bonds. The summed E-state index contributed by atoms with van der Waals surface area (Å²) < 4.78 is 0. The van der Waals surface area contributed by atoms with E-state index >= 15 is 0 Å². The number of carbonyl (C=O) groups excluding carboxylic acids is 2. The van der Waals surface area contributed by atoms with Crippen molar-refractivity contribution in [3.63, 3.8) is 0 Å². The predicted molar refractivity (Wildman–Crippen MR) is 27.0 cm³/mol. The minimum Gasteiger partial charge on any atom is -0.284 e. The Hall–Kier alpha value is -1.32. The Morgan fingerprint density at radius 2 is 1.38 bits per heavy atom. The van der Waals surface area contributed by atoms with Gasteiger partial charge in [-0.15, -0.1) is 0 Å². The summed E-state index contributed by atoms with van der Waals surface area (Å²) in [5.74, 6) is -1.22. The average Bonchev–Trinajstić information content (AvgIpc) is 1.77.